The first kappa shape index (κ1) is 21.8. The summed E-state index contributed by atoms with van der Waals surface area (Å²) in [5.41, 5.74) is 1.67. The van der Waals surface area contributed by atoms with Crippen LogP contribution in [0.15, 0.2) is 35.1 Å². The second-order valence-electron chi connectivity index (χ2n) is 8.23. The fourth-order valence-corrected chi connectivity index (χ4v) is 4.27. The highest BCUT2D eigenvalue weighted by Crippen LogP contribution is 2.30. The standard InChI is InChI=1S/C23H22F3N5O/c1-13-11-31(14(2)10-30(13)12-17-18(25)6-15(24)7-19(17)26)21-8-22(32)29(3)20-5-4-16(9-27)28-23(20)21/h4-8,13-14H,10-12H2,1-3H3/t13?,14-/m0/s1. The topological polar surface area (TPSA) is 65.2 Å². The third-order valence-corrected chi connectivity index (χ3v) is 6.07. The van der Waals surface area contributed by atoms with E-state index in [-0.39, 0.29) is 35.4 Å². The van der Waals surface area contributed by atoms with Crippen molar-refractivity contribution in [3.8, 4) is 6.07 Å². The normalized spacial score (nSPS) is 19.3. The lowest BCUT2D eigenvalue weighted by Crippen LogP contribution is -2.56. The fraction of sp³-hybridized carbons (Fsp3) is 0.348. The molecule has 9 heteroatoms. The van der Waals surface area contributed by atoms with Gasteiger partial charge >= 0.3 is 0 Å². The number of benzene rings is 1. The average molecular weight is 441 g/mol. The Bertz CT molecular complexity index is 1280. The van der Waals surface area contributed by atoms with Crippen molar-refractivity contribution in [1.29, 1.82) is 5.26 Å². The van der Waals surface area contributed by atoms with Crippen LogP contribution in [0.4, 0.5) is 18.9 Å². The molecule has 0 aliphatic carbocycles. The van der Waals surface area contributed by atoms with E-state index in [1.165, 1.54) is 10.6 Å². The van der Waals surface area contributed by atoms with E-state index in [0.29, 0.717) is 41.9 Å². The van der Waals surface area contributed by atoms with Crippen molar-refractivity contribution in [2.45, 2.75) is 32.5 Å². The summed E-state index contributed by atoms with van der Waals surface area (Å²) in [5, 5.41) is 9.27. The Morgan fingerprint density at radius 2 is 1.78 bits per heavy atom. The molecule has 1 aliphatic rings. The van der Waals surface area contributed by atoms with Crippen LogP contribution in [-0.4, -0.2) is 39.6 Å². The minimum Gasteiger partial charge on any atom is -0.364 e. The number of aryl methyl sites for hydroxylation is 1. The van der Waals surface area contributed by atoms with Gasteiger partial charge in [-0.1, -0.05) is 0 Å². The van der Waals surface area contributed by atoms with Crippen LogP contribution in [0.5, 0.6) is 0 Å². The SMILES string of the molecule is CC1CN(c2cc(=O)n(C)c3ccc(C#N)nc23)[C@@H](C)CN1Cc1c(F)cc(F)cc1F. The number of hydrogen-bond donors (Lipinski definition) is 0. The number of aromatic nitrogens is 2. The van der Waals surface area contributed by atoms with Gasteiger partial charge < -0.3 is 9.47 Å². The molecule has 0 spiro atoms. The zero-order chi connectivity index (χ0) is 23.2. The number of nitrogens with zero attached hydrogens (tertiary/aromatic N) is 5. The molecule has 0 radical (unpaired) electrons. The molecular formula is C23H22F3N5O. The number of halogens is 3. The first-order valence-electron chi connectivity index (χ1n) is 10.2. The van der Waals surface area contributed by atoms with Crippen LogP contribution in [0.3, 0.4) is 0 Å². The maximum atomic E-state index is 14.2. The molecule has 166 valence electrons. The molecule has 0 N–H and O–H groups in total. The third kappa shape index (κ3) is 3.82. The van der Waals surface area contributed by atoms with Crippen LogP contribution in [0.25, 0.3) is 11.0 Å². The zero-order valence-corrected chi connectivity index (χ0v) is 17.9. The van der Waals surface area contributed by atoms with Crippen molar-refractivity contribution < 1.29 is 13.2 Å². The van der Waals surface area contributed by atoms with Gasteiger partial charge in [0.1, 0.15) is 34.7 Å². The first-order valence-corrected chi connectivity index (χ1v) is 10.2. The van der Waals surface area contributed by atoms with Crippen LogP contribution >= 0.6 is 0 Å². The summed E-state index contributed by atoms with van der Waals surface area (Å²) in [6, 6.07) is 7.96. The zero-order valence-electron chi connectivity index (χ0n) is 17.9. The highest BCUT2D eigenvalue weighted by atomic mass is 19.1. The molecule has 2 aromatic heterocycles. The Kier molecular flexibility index (Phi) is 5.65. The number of pyridine rings is 2. The van der Waals surface area contributed by atoms with E-state index in [1.54, 1.807) is 19.2 Å². The molecule has 1 fully saturated rings. The van der Waals surface area contributed by atoms with Crippen molar-refractivity contribution in [2.24, 2.45) is 7.05 Å². The van der Waals surface area contributed by atoms with E-state index < -0.39 is 17.5 Å². The molecule has 1 aromatic carbocycles. The largest absolute Gasteiger partial charge is 0.364 e. The summed E-state index contributed by atoms with van der Waals surface area (Å²) < 4.78 is 43.1. The van der Waals surface area contributed by atoms with Gasteiger partial charge in [-0.2, -0.15) is 5.26 Å². The number of hydrogen-bond acceptors (Lipinski definition) is 5. The lowest BCUT2D eigenvalue weighted by Gasteiger charge is -2.45. The second kappa shape index (κ2) is 8.28. The van der Waals surface area contributed by atoms with Crippen molar-refractivity contribution in [1.82, 2.24) is 14.5 Å². The molecule has 0 amide bonds. The minimum atomic E-state index is -0.947. The lowest BCUT2D eigenvalue weighted by molar-refractivity contribution is 0.154. The smallest absolute Gasteiger partial charge is 0.252 e. The molecule has 4 rings (SSSR count). The van der Waals surface area contributed by atoms with Gasteiger partial charge in [0.25, 0.3) is 5.56 Å². The van der Waals surface area contributed by atoms with E-state index in [9.17, 15) is 23.2 Å². The van der Waals surface area contributed by atoms with E-state index in [1.807, 2.05) is 29.7 Å². The number of piperazine rings is 1. The van der Waals surface area contributed by atoms with Crippen molar-refractivity contribution in [3.05, 3.63) is 69.4 Å². The first-order chi connectivity index (χ1) is 15.2. The van der Waals surface area contributed by atoms with Gasteiger partial charge in [0.2, 0.25) is 0 Å². The Labute approximate surface area is 183 Å². The minimum absolute atomic E-state index is 0.00538. The van der Waals surface area contributed by atoms with Gasteiger partial charge in [-0.25, -0.2) is 18.2 Å². The van der Waals surface area contributed by atoms with E-state index >= 15 is 0 Å². The van der Waals surface area contributed by atoms with E-state index in [0.717, 1.165) is 0 Å². The Morgan fingerprint density at radius 1 is 1.09 bits per heavy atom. The number of rotatable bonds is 3. The van der Waals surface area contributed by atoms with Crippen molar-refractivity contribution in [2.75, 3.05) is 18.0 Å². The van der Waals surface area contributed by atoms with Crippen LogP contribution in [-0.2, 0) is 13.6 Å². The van der Waals surface area contributed by atoms with Gasteiger partial charge in [-0.3, -0.25) is 9.69 Å². The predicted octanol–water partition coefficient (Wildman–Crippen LogP) is 3.32. The van der Waals surface area contributed by atoms with Gasteiger partial charge in [-0.15, -0.1) is 0 Å². The van der Waals surface area contributed by atoms with Crippen LogP contribution in [0, 0.1) is 28.8 Å². The van der Waals surface area contributed by atoms with Crippen LogP contribution in [0.2, 0.25) is 0 Å². The molecular weight excluding hydrogens is 419 g/mol. The van der Waals surface area contributed by atoms with Gasteiger partial charge in [-0.05, 0) is 26.0 Å². The maximum Gasteiger partial charge on any atom is 0.252 e. The molecule has 3 aromatic rings. The molecule has 1 saturated heterocycles. The molecule has 0 bridgehead atoms. The molecule has 1 unspecified atom stereocenters. The van der Waals surface area contributed by atoms with Crippen LogP contribution in [0.1, 0.15) is 25.1 Å². The third-order valence-electron chi connectivity index (χ3n) is 6.07. The molecule has 6 nitrogen and oxygen atoms in total. The quantitative estimate of drug-likeness (QED) is 0.624. The van der Waals surface area contributed by atoms with E-state index in [2.05, 4.69) is 4.98 Å². The molecule has 0 saturated carbocycles. The second-order valence-corrected chi connectivity index (χ2v) is 8.23. The summed E-state index contributed by atoms with van der Waals surface area (Å²) in [7, 11) is 1.65. The molecule has 3 heterocycles. The molecule has 2 atom stereocenters. The maximum absolute atomic E-state index is 14.2. The number of nitriles is 1. The Hall–Kier alpha value is -3.38. The monoisotopic (exact) mass is 441 g/mol. The van der Waals surface area contributed by atoms with Crippen molar-refractivity contribution in [3.63, 3.8) is 0 Å². The molecule has 1 aliphatic heterocycles. The lowest BCUT2D eigenvalue weighted by atomic mass is 10.0. The summed E-state index contributed by atoms with van der Waals surface area (Å²) >= 11 is 0. The van der Waals surface area contributed by atoms with Gasteiger partial charge in [0.05, 0.1) is 11.2 Å². The summed E-state index contributed by atoms with van der Waals surface area (Å²) in [6.45, 7) is 4.83. The summed E-state index contributed by atoms with van der Waals surface area (Å²) in [5.74, 6) is -2.76. The highest BCUT2D eigenvalue weighted by Gasteiger charge is 2.32. The highest BCUT2D eigenvalue weighted by molar-refractivity contribution is 5.89. The number of fused-ring (bicyclic) bond motifs is 1. The van der Waals surface area contributed by atoms with Gasteiger partial charge in [0, 0.05) is 62.5 Å². The fourth-order valence-electron chi connectivity index (χ4n) is 4.27. The molecule has 32 heavy (non-hydrogen) atoms. The summed E-state index contributed by atoms with van der Waals surface area (Å²) in [4.78, 5) is 21.0. The predicted molar refractivity (Wildman–Crippen MR) is 115 cm³/mol. The van der Waals surface area contributed by atoms with Crippen LogP contribution < -0.4 is 10.5 Å². The Morgan fingerprint density at radius 3 is 2.44 bits per heavy atom. The van der Waals surface area contributed by atoms with Gasteiger partial charge in [0.15, 0.2) is 0 Å². The summed E-state index contributed by atoms with van der Waals surface area (Å²) in [6.07, 6.45) is 0. The average Bonchev–Trinajstić information content (AvgIpc) is 2.75. The number of anilines is 1. The Balaban J connectivity index is 1.68. The van der Waals surface area contributed by atoms with E-state index in [4.69, 9.17) is 0 Å². The van der Waals surface area contributed by atoms with Crippen molar-refractivity contribution >= 4 is 16.7 Å².